The first-order valence-corrected chi connectivity index (χ1v) is 14.0. The first-order chi connectivity index (χ1) is 13.9. The van der Waals surface area contributed by atoms with Crippen molar-refractivity contribution >= 4 is 29.1 Å². The Bertz CT molecular complexity index is 387. The maximum absolute atomic E-state index is 12.4. The van der Waals surface area contributed by atoms with Crippen LogP contribution in [0.3, 0.4) is 0 Å². The van der Waals surface area contributed by atoms with E-state index in [9.17, 15) is 4.79 Å². The molecule has 0 saturated heterocycles. The van der Waals surface area contributed by atoms with Gasteiger partial charge in [0, 0.05) is 5.25 Å². The highest BCUT2D eigenvalue weighted by atomic mass is 32.1. The van der Waals surface area contributed by atoms with Gasteiger partial charge in [0.25, 0.3) is 5.97 Å². The van der Waals surface area contributed by atoms with E-state index >= 15 is 0 Å². The van der Waals surface area contributed by atoms with Crippen molar-refractivity contribution < 1.29 is 9.22 Å². The smallest absolute Gasteiger partial charge is 0.297 e. The predicted molar refractivity (Wildman–Crippen MR) is 136 cm³/mol. The van der Waals surface area contributed by atoms with Crippen molar-refractivity contribution in [3.05, 3.63) is 0 Å². The molecule has 0 radical (unpaired) electrons. The van der Waals surface area contributed by atoms with Crippen molar-refractivity contribution in [2.45, 2.75) is 142 Å². The van der Waals surface area contributed by atoms with Gasteiger partial charge < -0.3 is 4.43 Å². The Balaban J connectivity index is 4.00. The van der Waals surface area contributed by atoms with Crippen molar-refractivity contribution in [3.8, 4) is 0 Å². The first-order valence-electron chi connectivity index (χ1n) is 12.7. The van der Waals surface area contributed by atoms with Crippen LogP contribution >= 0.6 is 12.6 Å². The standard InChI is InChI=1S/C25H52O2SSi/c1-5-7-9-10-11-12-13-14-15-16-17-18-19-20-22(23(28)21-8-6-2)25(3,4)24(26)27-29/h22-23,28H,5-21H2,1-4,29H3. The van der Waals surface area contributed by atoms with Gasteiger partial charge in [-0.2, -0.15) is 12.6 Å². The number of thiol groups is 1. The molecule has 0 N–H and O–H groups in total. The van der Waals surface area contributed by atoms with Crippen LogP contribution < -0.4 is 0 Å². The third-order valence-corrected chi connectivity index (χ3v) is 7.56. The van der Waals surface area contributed by atoms with Crippen LogP contribution in [-0.4, -0.2) is 21.7 Å². The summed E-state index contributed by atoms with van der Waals surface area (Å²) in [5.41, 5.74) is -0.418. The number of rotatable bonds is 20. The fraction of sp³-hybridized carbons (Fsp3) is 0.960. The topological polar surface area (TPSA) is 26.3 Å². The van der Waals surface area contributed by atoms with E-state index in [4.69, 9.17) is 17.1 Å². The number of carbonyl (C=O) groups is 1. The maximum Gasteiger partial charge on any atom is 0.297 e. The van der Waals surface area contributed by atoms with Crippen LogP contribution in [0.1, 0.15) is 137 Å². The molecule has 0 spiro atoms. The Hall–Kier alpha value is 0.0369. The van der Waals surface area contributed by atoms with E-state index in [1.165, 1.54) is 96.3 Å². The molecule has 2 nitrogen and oxygen atoms in total. The molecule has 0 aliphatic carbocycles. The summed E-state index contributed by atoms with van der Waals surface area (Å²) in [7, 11) is 0.481. The summed E-state index contributed by atoms with van der Waals surface area (Å²) < 4.78 is 5.24. The maximum atomic E-state index is 12.4. The minimum atomic E-state index is -0.418. The van der Waals surface area contributed by atoms with Crippen LogP contribution in [0.5, 0.6) is 0 Å². The second-order valence-electron chi connectivity index (χ2n) is 9.56. The lowest BCUT2D eigenvalue weighted by Crippen LogP contribution is -2.39. The summed E-state index contributed by atoms with van der Waals surface area (Å²) in [6.45, 7) is 8.63. The predicted octanol–water partition coefficient (Wildman–Crippen LogP) is 7.42. The molecular formula is C25H52O2SSi. The van der Waals surface area contributed by atoms with Crippen molar-refractivity contribution in [2.24, 2.45) is 11.3 Å². The van der Waals surface area contributed by atoms with Crippen LogP contribution in [0.4, 0.5) is 0 Å². The Morgan fingerprint density at radius 1 is 0.759 bits per heavy atom. The molecule has 0 aromatic rings. The van der Waals surface area contributed by atoms with Crippen LogP contribution in [0.2, 0.25) is 0 Å². The third-order valence-electron chi connectivity index (χ3n) is 6.58. The second kappa shape index (κ2) is 18.8. The van der Waals surface area contributed by atoms with Crippen molar-refractivity contribution in [3.63, 3.8) is 0 Å². The average molecular weight is 445 g/mol. The van der Waals surface area contributed by atoms with Crippen molar-refractivity contribution in [1.29, 1.82) is 0 Å². The Morgan fingerprint density at radius 3 is 1.59 bits per heavy atom. The molecule has 0 aliphatic rings. The summed E-state index contributed by atoms with van der Waals surface area (Å²) in [6, 6.07) is 0. The van der Waals surface area contributed by atoms with E-state index in [0.29, 0.717) is 21.7 Å². The lowest BCUT2D eigenvalue weighted by molar-refractivity contribution is -0.147. The fourth-order valence-electron chi connectivity index (χ4n) is 4.45. The molecule has 0 aliphatic heterocycles. The van der Waals surface area contributed by atoms with Crippen molar-refractivity contribution in [2.75, 3.05) is 0 Å². The zero-order chi connectivity index (χ0) is 22.0. The molecule has 0 heterocycles. The summed E-state index contributed by atoms with van der Waals surface area (Å²) in [6.07, 6.45) is 22.5. The van der Waals surface area contributed by atoms with Gasteiger partial charge in [0.15, 0.2) is 0 Å². The molecule has 0 fully saturated rings. The van der Waals surface area contributed by atoms with Gasteiger partial charge in [-0.15, -0.1) is 0 Å². The van der Waals surface area contributed by atoms with Crippen LogP contribution in [-0.2, 0) is 9.22 Å². The van der Waals surface area contributed by atoms with E-state index in [2.05, 4.69) is 27.7 Å². The minimum absolute atomic E-state index is 0.0283. The normalized spacial score (nSPS) is 14.1. The monoisotopic (exact) mass is 444 g/mol. The molecule has 0 bridgehead atoms. The van der Waals surface area contributed by atoms with Crippen LogP contribution in [0.15, 0.2) is 0 Å². The number of hydrogen-bond acceptors (Lipinski definition) is 3. The number of unbranched alkanes of at least 4 members (excludes halogenated alkanes) is 13. The molecule has 2 atom stereocenters. The summed E-state index contributed by atoms with van der Waals surface area (Å²) in [5.74, 6) is 0.283. The second-order valence-corrected chi connectivity index (χ2v) is 10.6. The summed E-state index contributed by atoms with van der Waals surface area (Å²) >= 11 is 4.91. The first kappa shape index (κ1) is 29.0. The number of carbonyl (C=O) groups excluding carboxylic acids is 1. The molecule has 29 heavy (non-hydrogen) atoms. The van der Waals surface area contributed by atoms with Gasteiger partial charge in [-0.05, 0) is 32.6 Å². The van der Waals surface area contributed by atoms with Gasteiger partial charge in [0.05, 0.1) is 5.41 Å². The lowest BCUT2D eigenvalue weighted by Gasteiger charge is -2.36. The van der Waals surface area contributed by atoms with E-state index < -0.39 is 5.41 Å². The highest BCUT2D eigenvalue weighted by Gasteiger charge is 2.40. The minimum Gasteiger partial charge on any atom is -0.528 e. The molecule has 0 rings (SSSR count). The molecule has 0 saturated carbocycles. The summed E-state index contributed by atoms with van der Waals surface area (Å²) in [4.78, 5) is 12.4. The number of hydrogen-bond donors (Lipinski definition) is 1. The lowest BCUT2D eigenvalue weighted by atomic mass is 9.73. The van der Waals surface area contributed by atoms with Gasteiger partial charge in [0.2, 0.25) is 10.5 Å². The molecule has 4 heteroatoms. The van der Waals surface area contributed by atoms with E-state index in [1.54, 1.807) is 0 Å². The van der Waals surface area contributed by atoms with Gasteiger partial charge in [-0.1, -0.05) is 110 Å². The van der Waals surface area contributed by atoms with E-state index in [1.807, 2.05) is 0 Å². The van der Waals surface area contributed by atoms with Crippen LogP contribution in [0.25, 0.3) is 0 Å². The molecule has 0 amide bonds. The largest absolute Gasteiger partial charge is 0.528 e. The van der Waals surface area contributed by atoms with Gasteiger partial charge in [-0.3, -0.25) is 4.79 Å². The zero-order valence-corrected chi connectivity index (χ0v) is 23.3. The quantitative estimate of drug-likeness (QED) is 0.120. The third kappa shape index (κ3) is 13.9. The molecular weight excluding hydrogens is 392 g/mol. The van der Waals surface area contributed by atoms with Gasteiger partial charge in [0.1, 0.15) is 0 Å². The molecule has 0 aromatic heterocycles. The molecule has 2 unspecified atom stereocenters. The Labute approximate surface area is 191 Å². The Morgan fingerprint density at radius 2 is 1.17 bits per heavy atom. The van der Waals surface area contributed by atoms with Gasteiger partial charge in [-0.25, -0.2) is 0 Å². The van der Waals surface area contributed by atoms with Crippen LogP contribution in [0, 0.1) is 11.3 Å². The molecule has 0 aromatic carbocycles. The van der Waals surface area contributed by atoms with E-state index in [0.717, 1.165) is 12.8 Å². The molecule has 174 valence electrons. The fourth-order valence-corrected chi connectivity index (χ4v) is 5.68. The Kier molecular flexibility index (Phi) is 18.8. The average Bonchev–Trinajstić information content (AvgIpc) is 2.71. The van der Waals surface area contributed by atoms with Crippen molar-refractivity contribution in [1.82, 2.24) is 0 Å². The van der Waals surface area contributed by atoms with Gasteiger partial charge >= 0.3 is 0 Å². The highest BCUT2D eigenvalue weighted by molar-refractivity contribution is 7.81. The highest BCUT2D eigenvalue weighted by Crippen LogP contribution is 2.38. The zero-order valence-electron chi connectivity index (χ0n) is 20.4. The van der Waals surface area contributed by atoms with E-state index in [-0.39, 0.29) is 5.97 Å². The summed E-state index contributed by atoms with van der Waals surface area (Å²) in [5, 5.41) is 0.294. The SMILES string of the molecule is CCCCCCCCCCCCCCCC(C(S)CCCC)C(C)(C)C(=O)O[SiH3].